The van der Waals surface area contributed by atoms with Gasteiger partial charge in [0.1, 0.15) is 0 Å². The molecule has 9 nitrogen and oxygen atoms in total. The Balaban J connectivity index is 1.90. The number of carbonyl (C=O) groups is 1. The van der Waals surface area contributed by atoms with Gasteiger partial charge in [-0.05, 0) is 66.1 Å². The second-order valence-electron chi connectivity index (χ2n) is 8.94. The van der Waals surface area contributed by atoms with Crippen molar-refractivity contribution in [2.45, 2.75) is 23.8 Å². The van der Waals surface area contributed by atoms with Crippen molar-refractivity contribution in [3.63, 3.8) is 0 Å². The van der Waals surface area contributed by atoms with Crippen LogP contribution in [-0.2, 0) is 6.42 Å². The fraction of sp³-hybridized carbons (Fsp3) is 0.333. The number of aryl methyl sites for hydroxylation is 1. The second-order valence-corrected chi connectivity index (χ2v) is 9.79. The van der Waals surface area contributed by atoms with Crippen LogP contribution in [0.2, 0.25) is 0 Å². The van der Waals surface area contributed by atoms with E-state index in [0.29, 0.717) is 63.4 Å². The van der Waals surface area contributed by atoms with Crippen LogP contribution in [0.4, 0.5) is 0 Å². The van der Waals surface area contributed by atoms with Crippen LogP contribution in [0, 0.1) is 0 Å². The van der Waals surface area contributed by atoms with Crippen molar-refractivity contribution in [1.29, 1.82) is 0 Å². The van der Waals surface area contributed by atoms with Gasteiger partial charge in [-0.25, -0.2) is 0 Å². The van der Waals surface area contributed by atoms with Gasteiger partial charge in [-0.1, -0.05) is 6.07 Å². The quantitative estimate of drug-likeness (QED) is 0.362. The number of fused-ring (bicyclic) bond motifs is 3. The zero-order valence-electron chi connectivity index (χ0n) is 23.6. The number of benzene rings is 2. The summed E-state index contributed by atoms with van der Waals surface area (Å²) in [6, 6.07) is 9.92. The van der Waals surface area contributed by atoms with Crippen LogP contribution in [-0.4, -0.2) is 54.8 Å². The summed E-state index contributed by atoms with van der Waals surface area (Å²) >= 11 is 1.37. The molecule has 0 aromatic heterocycles. The Hall–Kier alpha value is -4.05. The maximum absolute atomic E-state index is 13.6. The highest BCUT2D eigenvalue weighted by atomic mass is 32.2. The van der Waals surface area contributed by atoms with E-state index >= 15 is 0 Å². The molecule has 0 radical (unpaired) electrons. The zero-order valence-corrected chi connectivity index (χ0v) is 24.4. The molecule has 1 atom stereocenters. The monoisotopic (exact) mass is 567 g/mol. The first-order chi connectivity index (χ1) is 19.3. The first-order valence-corrected chi connectivity index (χ1v) is 13.7. The Morgan fingerprint density at radius 1 is 0.800 bits per heavy atom. The number of hydrogen-bond acceptors (Lipinski definition) is 9. The van der Waals surface area contributed by atoms with Crippen LogP contribution in [0.25, 0.3) is 11.1 Å². The van der Waals surface area contributed by atoms with Gasteiger partial charge in [0.25, 0.3) is 5.91 Å². The average Bonchev–Trinajstić information content (AvgIpc) is 3.23. The van der Waals surface area contributed by atoms with Crippen LogP contribution < -0.4 is 39.2 Å². The molecule has 3 aromatic carbocycles. The fourth-order valence-corrected chi connectivity index (χ4v) is 5.53. The molecule has 212 valence electrons. The largest absolute Gasteiger partial charge is 0.493 e. The Morgan fingerprint density at radius 2 is 1.40 bits per heavy atom. The van der Waals surface area contributed by atoms with Crippen LogP contribution in [0.1, 0.15) is 33.9 Å². The zero-order chi connectivity index (χ0) is 29.0. The Morgan fingerprint density at radius 3 is 1.95 bits per heavy atom. The summed E-state index contributed by atoms with van der Waals surface area (Å²) in [4.78, 5) is 27.4. The van der Waals surface area contributed by atoms with Gasteiger partial charge in [0.05, 0.1) is 53.6 Å². The predicted octanol–water partition coefficient (Wildman–Crippen LogP) is 4.90. The van der Waals surface area contributed by atoms with E-state index in [2.05, 4.69) is 5.32 Å². The molecule has 0 heterocycles. The number of hydrogen-bond donors (Lipinski definition) is 1. The molecule has 0 bridgehead atoms. The van der Waals surface area contributed by atoms with Crippen molar-refractivity contribution in [1.82, 2.24) is 5.32 Å². The van der Waals surface area contributed by atoms with E-state index in [1.807, 2.05) is 18.4 Å². The summed E-state index contributed by atoms with van der Waals surface area (Å²) < 4.78 is 33.4. The smallest absolute Gasteiger partial charge is 0.252 e. The van der Waals surface area contributed by atoms with Crippen LogP contribution in [0.5, 0.6) is 34.5 Å². The van der Waals surface area contributed by atoms with Crippen molar-refractivity contribution >= 4 is 17.7 Å². The Bertz CT molecular complexity index is 1460. The number of nitrogens with one attached hydrogen (secondary N) is 1. The molecule has 10 heteroatoms. The van der Waals surface area contributed by atoms with Gasteiger partial charge in [0, 0.05) is 11.1 Å². The lowest BCUT2D eigenvalue weighted by molar-refractivity contribution is 0.0934. The molecule has 1 aliphatic rings. The van der Waals surface area contributed by atoms with Crippen molar-refractivity contribution in [2.24, 2.45) is 0 Å². The fourth-order valence-electron chi connectivity index (χ4n) is 5.07. The number of carbonyl (C=O) groups excluding carboxylic acids is 1. The average molecular weight is 568 g/mol. The molecule has 1 amide bonds. The molecule has 0 saturated heterocycles. The second kappa shape index (κ2) is 12.4. The van der Waals surface area contributed by atoms with Gasteiger partial charge in [-0.15, -0.1) is 11.8 Å². The molecule has 0 spiro atoms. The molecule has 0 saturated carbocycles. The minimum absolute atomic E-state index is 0.135. The van der Waals surface area contributed by atoms with Crippen LogP contribution in [0.15, 0.2) is 46.1 Å². The molecule has 1 unspecified atom stereocenters. The van der Waals surface area contributed by atoms with E-state index in [9.17, 15) is 9.59 Å². The SMILES string of the molecule is COc1cc(C(=O)NC2CCc3cc(OC)c(OC)c(OC)c3-c3ccc(SC)c(=O)cc32)cc(OC)c1OC. The number of methoxy groups -OCH3 is 6. The molecule has 40 heavy (non-hydrogen) atoms. The van der Waals surface area contributed by atoms with Crippen molar-refractivity contribution in [3.05, 3.63) is 63.3 Å². The lowest BCUT2D eigenvalue weighted by atomic mass is 9.95. The first kappa shape index (κ1) is 28.9. The summed E-state index contributed by atoms with van der Waals surface area (Å²) in [6.45, 7) is 0. The van der Waals surface area contributed by atoms with E-state index in [1.165, 1.54) is 33.1 Å². The molecular formula is C30H33NO8S. The van der Waals surface area contributed by atoms with E-state index < -0.39 is 6.04 Å². The highest BCUT2D eigenvalue weighted by Crippen LogP contribution is 2.50. The maximum atomic E-state index is 13.6. The number of amides is 1. The summed E-state index contributed by atoms with van der Waals surface area (Å²) in [5.41, 5.74) is 3.37. The molecule has 0 fully saturated rings. The highest BCUT2D eigenvalue weighted by Gasteiger charge is 2.30. The minimum Gasteiger partial charge on any atom is -0.493 e. The summed E-state index contributed by atoms with van der Waals surface area (Å²) in [5, 5.41) is 3.14. The van der Waals surface area contributed by atoms with Crippen LogP contribution in [0.3, 0.4) is 0 Å². The van der Waals surface area contributed by atoms with Crippen LogP contribution >= 0.6 is 11.8 Å². The standard InChI is InChI=1S/C30H33NO8S/c1-34-22-13-17(14-23(35-2)27(22)37-4)30(33)31-20-10-8-16-12-24(36-3)28(38-5)29(39-6)26(16)18-9-11-25(40-7)21(32)15-19(18)20/h9,11-15,20H,8,10H2,1-7H3,(H,31,33). The highest BCUT2D eigenvalue weighted by molar-refractivity contribution is 7.98. The van der Waals surface area contributed by atoms with Crippen molar-refractivity contribution in [2.75, 3.05) is 48.9 Å². The van der Waals surface area contributed by atoms with E-state index in [-0.39, 0.29) is 11.3 Å². The van der Waals surface area contributed by atoms with Gasteiger partial charge < -0.3 is 33.7 Å². The Kier molecular flexibility index (Phi) is 8.99. The van der Waals surface area contributed by atoms with Gasteiger partial charge in [-0.3, -0.25) is 9.59 Å². The lowest BCUT2D eigenvalue weighted by Gasteiger charge is -2.20. The summed E-state index contributed by atoms with van der Waals surface area (Å²) in [7, 11) is 9.18. The minimum atomic E-state index is -0.495. The van der Waals surface area contributed by atoms with Crippen molar-refractivity contribution in [3.8, 4) is 45.6 Å². The summed E-state index contributed by atoms with van der Waals surface area (Å²) in [5.74, 6) is 2.25. The molecular weight excluding hydrogens is 534 g/mol. The van der Waals surface area contributed by atoms with Gasteiger partial charge in [0.2, 0.25) is 11.5 Å². The number of thioether (sulfide) groups is 1. The molecule has 0 aliphatic heterocycles. The van der Waals surface area contributed by atoms with E-state index in [1.54, 1.807) is 45.6 Å². The topological polar surface area (TPSA) is 102 Å². The Labute approximate surface area is 237 Å². The molecule has 4 rings (SSSR count). The third kappa shape index (κ3) is 5.23. The lowest BCUT2D eigenvalue weighted by Crippen LogP contribution is -2.29. The molecule has 1 aliphatic carbocycles. The summed E-state index contributed by atoms with van der Waals surface area (Å²) in [6.07, 6.45) is 2.95. The molecule has 1 N–H and O–H groups in total. The normalized spacial score (nSPS) is 13.7. The van der Waals surface area contributed by atoms with E-state index in [0.717, 1.165) is 16.7 Å². The third-order valence-corrected chi connectivity index (χ3v) is 7.73. The predicted molar refractivity (Wildman–Crippen MR) is 154 cm³/mol. The first-order valence-electron chi connectivity index (χ1n) is 12.5. The van der Waals surface area contributed by atoms with Gasteiger partial charge >= 0.3 is 0 Å². The van der Waals surface area contributed by atoms with Gasteiger partial charge in [-0.2, -0.15) is 0 Å². The third-order valence-electron chi connectivity index (χ3n) is 6.95. The van der Waals surface area contributed by atoms with E-state index in [4.69, 9.17) is 28.4 Å². The van der Waals surface area contributed by atoms with Crippen molar-refractivity contribution < 1.29 is 33.2 Å². The number of rotatable bonds is 9. The maximum Gasteiger partial charge on any atom is 0.252 e. The van der Waals surface area contributed by atoms with Gasteiger partial charge in [0.15, 0.2) is 28.4 Å². The number of ether oxygens (including phenoxy) is 6. The molecule has 3 aromatic rings.